The molecular formula is C23H24ClFN6O3. The first-order valence-corrected chi connectivity index (χ1v) is 11.4. The lowest BCUT2D eigenvalue weighted by atomic mass is 10.0. The number of amides is 1. The number of piperazine rings is 1. The number of rotatable bonds is 4. The van der Waals surface area contributed by atoms with Crippen molar-refractivity contribution in [3.63, 3.8) is 0 Å². The molecule has 1 aromatic carbocycles. The van der Waals surface area contributed by atoms with Crippen LogP contribution in [0, 0.1) is 5.82 Å². The molecule has 0 radical (unpaired) electrons. The van der Waals surface area contributed by atoms with E-state index in [9.17, 15) is 9.59 Å². The number of hydrogen-bond acceptors (Lipinski definition) is 7. The molecule has 0 saturated carbocycles. The molecule has 2 aliphatic rings. The average molecular weight is 487 g/mol. The van der Waals surface area contributed by atoms with Crippen LogP contribution in [0.2, 0.25) is 5.15 Å². The molecule has 1 unspecified atom stereocenters. The maximum Gasteiger partial charge on any atom is 0.275 e. The Morgan fingerprint density at radius 3 is 2.76 bits per heavy atom. The van der Waals surface area contributed by atoms with Gasteiger partial charge in [-0.1, -0.05) is 17.7 Å². The van der Waals surface area contributed by atoms with Crippen LogP contribution in [0.5, 0.6) is 5.75 Å². The number of hydrazine groups is 1. The molecule has 2 aliphatic heterocycles. The molecule has 9 nitrogen and oxygen atoms in total. The summed E-state index contributed by atoms with van der Waals surface area (Å²) in [5.41, 5.74) is 5.29. The Kier molecular flexibility index (Phi) is 5.78. The number of anilines is 2. The van der Waals surface area contributed by atoms with Crippen molar-refractivity contribution in [2.24, 2.45) is 0 Å². The molecule has 1 atom stereocenters. The Bertz CT molecular complexity index is 1340. The van der Waals surface area contributed by atoms with Crippen LogP contribution in [0.15, 0.2) is 35.3 Å². The van der Waals surface area contributed by atoms with Gasteiger partial charge in [-0.2, -0.15) is 0 Å². The number of halogens is 2. The van der Waals surface area contributed by atoms with Gasteiger partial charge in [0, 0.05) is 32.4 Å². The second-order valence-electron chi connectivity index (χ2n) is 8.59. The second kappa shape index (κ2) is 8.77. The van der Waals surface area contributed by atoms with Crippen LogP contribution in [-0.2, 0) is 0 Å². The van der Waals surface area contributed by atoms with Crippen LogP contribution in [-0.4, -0.2) is 60.2 Å². The highest BCUT2D eigenvalue weighted by molar-refractivity contribution is 6.29. The summed E-state index contributed by atoms with van der Waals surface area (Å²) in [6.07, 6.45) is 1.51. The van der Waals surface area contributed by atoms with Crippen LogP contribution in [0.25, 0.3) is 10.9 Å². The number of benzene rings is 1. The van der Waals surface area contributed by atoms with E-state index < -0.39 is 17.2 Å². The fourth-order valence-corrected chi connectivity index (χ4v) is 4.53. The summed E-state index contributed by atoms with van der Waals surface area (Å²) in [6.45, 7) is 5.11. The summed E-state index contributed by atoms with van der Waals surface area (Å²) in [4.78, 5) is 34.3. The summed E-state index contributed by atoms with van der Waals surface area (Å²) in [5, 5.41) is 0.355. The van der Waals surface area contributed by atoms with E-state index in [4.69, 9.17) is 16.3 Å². The molecular weight excluding hydrogens is 463 g/mol. The van der Waals surface area contributed by atoms with Crippen molar-refractivity contribution in [3.05, 3.63) is 57.2 Å². The lowest BCUT2D eigenvalue weighted by Crippen LogP contribution is -2.45. The standard InChI is InChI=1S/C23H24ClFN6O3/c1-13-12-34-22-19-14(10-16(25)20(22)30-8-6-29(2)7-9-30)21(32)15(11-31(13)19)23(33)28-27-18-5-3-4-17(24)26-18/h3-5,10-11,13H,6-9,12H2,1-2H3,(H,26,27)(H,28,33). The molecule has 178 valence electrons. The third kappa shape index (κ3) is 3.92. The first-order chi connectivity index (χ1) is 16.3. The van der Waals surface area contributed by atoms with Gasteiger partial charge in [0.25, 0.3) is 5.91 Å². The van der Waals surface area contributed by atoms with Crippen LogP contribution in [0.1, 0.15) is 23.3 Å². The van der Waals surface area contributed by atoms with Crippen LogP contribution >= 0.6 is 11.6 Å². The van der Waals surface area contributed by atoms with Gasteiger partial charge in [0.2, 0.25) is 5.43 Å². The maximum absolute atomic E-state index is 15.4. The Morgan fingerprint density at radius 1 is 1.26 bits per heavy atom. The van der Waals surface area contributed by atoms with E-state index in [-0.39, 0.29) is 22.1 Å². The highest BCUT2D eigenvalue weighted by Gasteiger charge is 2.31. The van der Waals surface area contributed by atoms with E-state index in [1.54, 1.807) is 18.2 Å². The van der Waals surface area contributed by atoms with Crippen LogP contribution in [0.3, 0.4) is 0 Å². The highest BCUT2D eigenvalue weighted by Crippen LogP contribution is 2.42. The molecule has 0 aliphatic carbocycles. The van der Waals surface area contributed by atoms with Gasteiger partial charge in [0.1, 0.15) is 28.8 Å². The lowest BCUT2D eigenvalue weighted by molar-refractivity contribution is 0.0960. The molecule has 5 rings (SSSR count). The Morgan fingerprint density at radius 2 is 2.03 bits per heavy atom. The van der Waals surface area contributed by atoms with Gasteiger partial charge in [-0.3, -0.25) is 20.4 Å². The lowest BCUT2D eigenvalue weighted by Gasteiger charge is -2.37. The molecule has 2 aromatic heterocycles. The second-order valence-corrected chi connectivity index (χ2v) is 8.97. The zero-order valence-corrected chi connectivity index (χ0v) is 19.5. The van der Waals surface area contributed by atoms with E-state index in [0.29, 0.717) is 42.5 Å². The third-order valence-corrected chi connectivity index (χ3v) is 6.44. The summed E-state index contributed by atoms with van der Waals surface area (Å²) in [6, 6.07) is 5.94. The summed E-state index contributed by atoms with van der Waals surface area (Å²) in [5.74, 6) is -0.539. The minimum Gasteiger partial charge on any atom is -0.487 e. The predicted octanol–water partition coefficient (Wildman–Crippen LogP) is 2.65. The largest absolute Gasteiger partial charge is 0.487 e. The first-order valence-electron chi connectivity index (χ1n) is 11.0. The minimum atomic E-state index is -0.666. The van der Waals surface area contributed by atoms with Gasteiger partial charge in [0.15, 0.2) is 11.6 Å². The zero-order chi connectivity index (χ0) is 24.0. The number of aromatic nitrogens is 2. The maximum atomic E-state index is 15.4. The van der Waals surface area contributed by atoms with E-state index >= 15 is 4.39 Å². The van der Waals surface area contributed by atoms with E-state index in [0.717, 1.165) is 13.1 Å². The van der Waals surface area contributed by atoms with Gasteiger partial charge in [0.05, 0.1) is 16.9 Å². The molecule has 3 aromatic rings. The number of carbonyl (C=O) groups excluding carboxylic acids is 1. The monoisotopic (exact) mass is 486 g/mol. The number of hydrogen-bond donors (Lipinski definition) is 2. The average Bonchev–Trinajstić information content (AvgIpc) is 2.82. The number of pyridine rings is 2. The molecule has 34 heavy (non-hydrogen) atoms. The zero-order valence-electron chi connectivity index (χ0n) is 18.8. The van der Waals surface area contributed by atoms with Gasteiger partial charge in [-0.05, 0) is 32.2 Å². The molecule has 11 heteroatoms. The molecule has 4 heterocycles. The van der Waals surface area contributed by atoms with Crippen LogP contribution < -0.4 is 25.9 Å². The third-order valence-electron chi connectivity index (χ3n) is 6.23. The number of carbonyl (C=O) groups is 1. The minimum absolute atomic E-state index is 0.102. The van der Waals surface area contributed by atoms with Crippen molar-refractivity contribution in [2.45, 2.75) is 13.0 Å². The number of likely N-dealkylation sites (N-methyl/N-ethyl adjacent to an activating group) is 1. The number of nitrogens with zero attached hydrogens (tertiary/aromatic N) is 4. The van der Waals surface area contributed by atoms with Crippen molar-refractivity contribution >= 4 is 39.9 Å². The number of nitrogens with one attached hydrogen (secondary N) is 2. The molecule has 0 spiro atoms. The van der Waals surface area contributed by atoms with Gasteiger partial charge in [-0.15, -0.1) is 0 Å². The SMILES string of the molecule is CC1COc2c(N3CCN(C)CC3)c(F)cc3c(=O)c(C(=O)NNc4cccc(Cl)n4)cn1c23. The highest BCUT2D eigenvalue weighted by atomic mass is 35.5. The fourth-order valence-electron chi connectivity index (χ4n) is 4.36. The summed E-state index contributed by atoms with van der Waals surface area (Å²) in [7, 11) is 2.03. The van der Waals surface area contributed by atoms with E-state index in [1.165, 1.54) is 12.3 Å². The van der Waals surface area contributed by atoms with Gasteiger partial charge in [-0.25, -0.2) is 9.37 Å². The normalized spacial score (nSPS) is 18.0. The molecule has 1 amide bonds. The predicted molar refractivity (Wildman–Crippen MR) is 128 cm³/mol. The first kappa shape index (κ1) is 22.4. The van der Waals surface area contributed by atoms with Crippen molar-refractivity contribution in [2.75, 3.05) is 50.2 Å². The Balaban J connectivity index is 1.56. The van der Waals surface area contributed by atoms with Crippen molar-refractivity contribution in [3.8, 4) is 5.75 Å². The molecule has 1 saturated heterocycles. The van der Waals surface area contributed by atoms with Crippen molar-refractivity contribution < 1.29 is 13.9 Å². The van der Waals surface area contributed by atoms with Gasteiger partial charge < -0.3 is 19.1 Å². The van der Waals surface area contributed by atoms with Crippen LogP contribution in [0.4, 0.5) is 15.9 Å². The quantitative estimate of drug-likeness (QED) is 0.432. The van der Waals surface area contributed by atoms with Gasteiger partial charge >= 0.3 is 0 Å². The molecule has 1 fully saturated rings. The Labute approximate surface area is 200 Å². The fraction of sp³-hybridized carbons (Fsp3) is 0.348. The summed E-state index contributed by atoms with van der Waals surface area (Å²) < 4.78 is 23.2. The van der Waals surface area contributed by atoms with E-state index in [2.05, 4.69) is 20.7 Å². The van der Waals surface area contributed by atoms with Crippen molar-refractivity contribution in [1.29, 1.82) is 0 Å². The topological polar surface area (TPSA) is 91.7 Å². The molecule has 2 N–H and O–H groups in total. The Hall–Kier alpha value is -3.37. The molecule has 0 bridgehead atoms. The smallest absolute Gasteiger partial charge is 0.275 e. The van der Waals surface area contributed by atoms with E-state index in [1.807, 2.05) is 23.4 Å². The number of ether oxygens (including phenoxy) is 1. The van der Waals surface area contributed by atoms with Crippen molar-refractivity contribution in [1.82, 2.24) is 19.9 Å². The summed E-state index contributed by atoms with van der Waals surface area (Å²) >= 11 is 5.87.